The van der Waals surface area contributed by atoms with Gasteiger partial charge in [0.05, 0.1) is 0 Å². The van der Waals surface area contributed by atoms with E-state index in [4.69, 9.17) is 0 Å². The van der Waals surface area contributed by atoms with Crippen molar-refractivity contribution in [3.63, 3.8) is 0 Å². The van der Waals surface area contributed by atoms with Crippen molar-refractivity contribution in [1.29, 1.82) is 0 Å². The normalized spacial score (nSPS) is 14.2. The zero-order chi connectivity index (χ0) is 17.7. The second-order valence-electron chi connectivity index (χ2n) is 7.72. The molecule has 2 atom stereocenters. The highest BCUT2D eigenvalue weighted by molar-refractivity contribution is 5.20. The Hall–Kier alpha value is -1.70. The number of rotatable bonds is 7. The molecular formula is C22H32N2. The molecule has 0 radical (unpaired) electrons. The molecule has 0 fully saturated rings. The summed E-state index contributed by atoms with van der Waals surface area (Å²) in [6, 6.07) is 8.83. The standard InChI is InChI=1S/C22H32N2/c1-15(2)19-9-11-21(23-13-19)17(5)7-8-18(6)22-12-10-20(14-24-22)16(3)4/h9-18H,7-8H2,1-6H3. The van der Waals surface area contributed by atoms with Crippen LogP contribution in [0.25, 0.3) is 0 Å². The number of aromatic nitrogens is 2. The van der Waals surface area contributed by atoms with Gasteiger partial charge in [0.2, 0.25) is 0 Å². The fraction of sp³-hybridized carbons (Fsp3) is 0.545. The van der Waals surface area contributed by atoms with Gasteiger partial charge in [0.25, 0.3) is 0 Å². The second kappa shape index (κ2) is 8.41. The van der Waals surface area contributed by atoms with Gasteiger partial charge in [-0.05, 0) is 59.8 Å². The highest BCUT2D eigenvalue weighted by atomic mass is 14.7. The van der Waals surface area contributed by atoms with E-state index < -0.39 is 0 Å². The van der Waals surface area contributed by atoms with E-state index in [1.165, 1.54) is 22.5 Å². The van der Waals surface area contributed by atoms with Crippen LogP contribution in [0, 0.1) is 0 Å². The summed E-state index contributed by atoms with van der Waals surface area (Å²) in [6.45, 7) is 13.4. The Bertz CT molecular complexity index is 554. The first-order valence-electron chi connectivity index (χ1n) is 9.30. The Labute approximate surface area is 147 Å². The molecule has 0 saturated heterocycles. The van der Waals surface area contributed by atoms with Crippen molar-refractivity contribution < 1.29 is 0 Å². The third-order valence-electron chi connectivity index (χ3n) is 4.99. The van der Waals surface area contributed by atoms with Crippen molar-refractivity contribution in [3.8, 4) is 0 Å². The quantitative estimate of drug-likeness (QED) is 0.588. The molecule has 0 saturated carbocycles. The lowest BCUT2D eigenvalue weighted by Crippen LogP contribution is -2.03. The van der Waals surface area contributed by atoms with Crippen molar-refractivity contribution in [3.05, 3.63) is 59.2 Å². The summed E-state index contributed by atoms with van der Waals surface area (Å²) in [5.74, 6) is 2.07. The van der Waals surface area contributed by atoms with E-state index in [9.17, 15) is 0 Å². The average molecular weight is 325 g/mol. The third kappa shape index (κ3) is 4.90. The summed E-state index contributed by atoms with van der Waals surface area (Å²) >= 11 is 0. The van der Waals surface area contributed by atoms with Crippen molar-refractivity contribution in [2.45, 2.75) is 78.1 Å². The topological polar surface area (TPSA) is 25.8 Å². The predicted octanol–water partition coefficient (Wildman–Crippen LogP) is 6.41. The van der Waals surface area contributed by atoms with Crippen molar-refractivity contribution in [2.24, 2.45) is 0 Å². The van der Waals surface area contributed by atoms with E-state index in [0.717, 1.165) is 12.8 Å². The first kappa shape index (κ1) is 18.6. The van der Waals surface area contributed by atoms with Gasteiger partial charge in [-0.15, -0.1) is 0 Å². The van der Waals surface area contributed by atoms with Gasteiger partial charge in [-0.3, -0.25) is 9.97 Å². The molecule has 2 heteroatoms. The molecule has 0 aliphatic carbocycles. The molecular weight excluding hydrogens is 292 g/mol. The molecule has 0 aromatic carbocycles. The monoisotopic (exact) mass is 324 g/mol. The van der Waals surface area contributed by atoms with E-state index >= 15 is 0 Å². The zero-order valence-electron chi connectivity index (χ0n) is 16.1. The van der Waals surface area contributed by atoms with Crippen LogP contribution < -0.4 is 0 Å². The van der Waals surface area contributed by atoms with Crippen LogP contribution in [0.2, 0.25) is 0 Å². The SMILES string of the molecule is CC(C)c1ccc(C(C)CCC(C)c2ccc(C(C)C)cn2)nc1. The maximum absolute atomic E-state index is 4.67. The molecule has 0 aliphatic heterocycles. The molecule has 130 valence electrons. The molecule has 0 N–H and O–H groups in total. The third-order valence-corrected chi connectivity index (χ3v) is 4.99. The Morgan fingerprint density at radius 3 is 1.25 bits per heavy atom. The van der Waals surface area contributed by atoms with Crippen LogP contribution in [-0.4, -0.2) is 9.97 Å². The molecule has 0 amide bonds. The minimum absolute atomic E-state index is 0.489. The van der Waals surface area contributed by atoms with Crippen LogP contribution in [0.1, 0.15) is 101 Å². The van der Waals surface area contributed by atoms with Gasteiger partial charge in [-0.25, -0.2) is 0 Å². The molecule has 0 bridgehead atoms. The summed E-state index contributed by atoms with van der Waals surface area (Å²) in [5, 5.41) is 0. The van der Waals surface area contributed by atoms with Gasteiger partial charge in [0, 0.05) is 23.8 Å². The first-order valence-corrected chi connectivity index (χ1v) is 9.30. The van der Waals surface area contributed by atoms with Crippen LogP contribution in [0.15, 0.2) is 36.7 Å². The highest BCUT2D eigenvalue weighted by Crippen LogP contribution is 2.27. The molecule has 2 rings (SSSR count). The maximum atomic E-state index is 4.67. The fourth-order valence-corrected chi connectivity index (χ4v) is 2.90. The van der Waals surface area contributed by atoms with Gasteiger partial charge >= 0.3 is 0 Å². The van der Waals surface area contributed by atoms with Crippen LogP contribution >= 0.6 is 0 Å². The smallest absolute Gasteiger partial charge is 0.0431 e. The van der Waals surface area contributed by atoms with Gasteiger partial charge in [0.1, 0.15) is 0 Å². The number of pyridine rings is 2. The molecule has 0 aliphatic rings. The first-order chi connectivity index (χ1) is 11.4. The minimum atomic E-state index is 0.489. The van der Waals surface area contributed by atoms with E-state index in [2.05, 4.69) is 75.8 Å². The van der Waals surface area contributed by atoms with Gasteiger partial charge in [0.15, 0.2) is 0 Å². The zero-order valence-corrected chi connectivity index (χ0v) is 16.1. The van der Waals surface area contributed by atoms with Crippen LogP contribution in [0.5, 0.6) is 0 Å². The lowest BCUT2D eigenvalue weighted by molar-refractivity contribution is 0.557. The fourth-order valence-electron chi connectivity index (χ4n) is 2.90. The Morgan fingerprint density at radius 1 is 0.625 bits per heavy atom. The lowest BCUT2D eigenvalue weighted by Gasteiger charge is -2.16. The Balaban J connectivity index is 1.91. The Kier molecular flexibility index (Phi) is 6.53. The van der Waals surface area contributed by atoms with E-state index in [0.29, 0.717) is 23.7 Å². The lowest BCUT2D eigenvalue weighted by atomic mass is 9.92. The van der Waals surface area contributed by atoms with Crippen molar-refractivity contribution in [1.82, 2.24) is 9.97 Å². The molecule has 2 aromatic heterocycles. The Morgan fingerprint density at radius 2 is 1.00 bits per heavy atom. The predicted molar refractivity (Wildman–Crippen MR) is 103 cm³/mol. The molecule has 0 spiro atoms. The van der Waals surface area contributed by atoms with Crippen molar-refractivity contribution >= 4 is 0 Å². The number of nitrogens with zero attached hydrogens (tertiary/aromatic N) is 2. The van der Waals surface area contributed by atoms with Gasteiger partial charge in [-0.1, -0.05) is 53.7 Å². The van der Waals surface area contributed by atoms with Crippen LogP contribution in [-0.2, 0) is 0 Å². The largest absolute Gasteiger partial charge is 0.261 e. The summed E-state index contributed by atoms with van der Waals surface area (Å²) in [6.07, 6.45) is 6.35. The van der Waals surface area contributed by atoms with Crippen LogP contribution in [0.4, 0.5) is 0 Å². The summed E-state index contributed by atoms with van der Waals surface area (Å²) < 4.78 is 0. The molecule has 24 heavy (non-hydrogen) atoms. The van der Waals surface area contributed by atoms with Gasteiger partial charge < -0.3 is 0 Å². The van der Waals surface area contributed by atoms with E-state index in [1.54, 1.807) is 0 Å². The molecule has 2 aromatic rings. The average Bonchev–Trinajstić information content (AvgIpc) is 2.59. The summed E-state index contributed by atoms with van der Waals surface area (Å²) in [4.78, 5) is 9.33. The molecule has 2 heterocycles. The number of hydrogen-bond acceptors (Lipinski definition) is 2. The number of hydrogen-bond donors (Lipinski definition) is 0. The van der Waals surface area contributed by atoms with E-state index in [-0.39, 0.29) is 0 Å². The maximum Gasteiger partial charge on any atom is 0.0431 e. The highest BCUT2D eigenvalue weighted by Gasteiger charge is 2.13. The van der Waals surface area contributed by atoms with Gasteiger partial charge in [-0.2, -0.15) is 0 Å². The second-order valence-corrected chi connectivity index (χ2v) is 7.72. The minimum Gasteiger partial charge on any atom is -0.261 e. The summed E-state index contributed by atoms with van der Waals surface area (Å²) in [5.41, 5.74) is 5.03. The molecule has 2 nitrogen and oxygen atoms in total. The van der Waals surface area contributed by atoms with Crippen LogP contribution in [0.3, 0.4) is 0 Å². The van der Waals surface area contributed by atoms with Crippen molar-refractivity contribution in [2.75, 3.05) is 0 Å². The van der Waals surface area contributed by atoms with E-state index in [1.807, 2.05) is 12.4 Å². The molecule has 2 unspecified atom stereocenters. The summed E-state index contributed by atoms with van der Waals surface area (Å²) in [7, 11) is 0.